The van der Waals surface area contributed by atoms with E-state index >= 15 is 0 Å². The molecule has 0 saturated carbocycles. The topological polar surface area (TPSA) is 48.5 Å². The van der Waals surface area contributed by atoms with Crippen molar-refractivity contribution in [1.29, 1.82) is 0 Å². The number of aromatic nitrogens is 1. The minimum absolute atomic E-state index is 0.0280. The first-order valence-corrected chi connectivity index (χ1v) is 10.1. The number of hydrogen-bond donors (Lipinski definition) is 1. The molecule has 1 amide bonds. The number of amides is 1. The first-order valence-electron chi connectivity index (χ1n) is 10.1. The quantitative estimate of drug-likeness (QED) is 0.808. The van der Waals surface area contributed by atoms with Gasteiger partial charge in [-0.15, -0.1) is 0 Å². The van der Waals surface area contributed by atoms with Crippen molar-refractivity contribution in [3.63, 3.8) is 0 Å². The number of piperidine rings is 1. The Balaban J connectivity index is 1.46. The molecule has 2 aromatic rings. The smallest absolute Gasteiger partial charge is 0.262 e. The predicted molar refractivity (Wildman–Crippen MR) is 114 cm³/mol. The Labute approximate surface area is 167 Å². The molecule has 2 aliphatic rings. The normalized spacial score (nSPS) is 17.4. The van der Waals surface area contributed by atoms with Crippen LogP contribution in [0, 0.1) is 0 Å². The van der Waals surface area contributed by atoms with Crippen molar-refractivity contribution in [3.05, 3.63) is 65.9 Å². The Bertz CT molecular complexity index is 870. The molecule has 1 aromatic heterocycles. The Morgan fingerprint density at radius 1 is 1.18 bits per heavy atom. The summed E-state index contributed by atoms with van der Waals surface area (Å²) in [5.74, 6) is 0.732. The number of nitrogens with one attached hydrogen (secondary N) is 1. The van der Waals surface area contributed by atoms with Crippen molar-refractivity contribution in [2.75, 3.05) is 36.4 Å². The van der Waals surface area contributed by atoms with Gasteiger partial charge in [0.25, 0.3) is 5.91 Å². The van der Waals surface area contributed by atoms with Crippen LogP contribution < -0.4 is 10.2 Å². The molecule has 0 spiro atoms. The second-order valence-electron chi connectivity index (χ2n) is 7.89. The summed E-state index contributed by atoms with van der Waals surface area (Å²) in [5.41, 5.74) is 4.12. The van der Waals surface area contributed by atoms with Crippen LogP contribution in [-0.2, 0) is 6.42 Å². The first-order chi connectivity index (χ1) is 13.6. The number of likely N-dealkylation sites (tertiary alicyclic amines) is 1. The fourth-order valence-electron chi connectivity index (χ4n) is 4.20. The van der Waals surface area contributed by atoms with Crippen LogP contribution in [-0.4, -0.2) is 48.0 Å². The van der Waals surface area contributed by atoms with Crippen LogP contribution >= 0.6 is 0 Å². The summed E-state index contributed by atoms with van der Waals surface area (Å²) in [5, 5.41) is 3.54. The molecule has 1 N–H and O–H groups in total. The highest BCUT2D eigenvalue weighted by Crippen LogP contribution is 2.30. The van der Waals surface area contributed by atoms with Crippen LogP contribution in [0.2, 0.25) is 0 Å². The zero-order valence-corrected chi connectivity index (χ0v) is 16.5. The number of para-hydroxylation sites is 1. The molecular formula is C23H28N4O. The number of hydrogen-bond acceptors (Lipinski definition) is 4. The SMILES string of the molecule is C=C(C)CN1CCC(Nc2ncccc2C(=O)N2CCc3ccccc32)CC1. The largest absolute Gasteiger partial charge is 0.367 e. The van der Waals surface area contributed by atoms with Crippen LogP contribution in [0.4, 0.5) is 11.5 Å². The number of carbonyl (C=O) groups is 1. The number of anilines is 2. The van der Waals surface area contributed by atoms with Crippen molar-refractivity contribution < 1.29 is 4.79 Å². The van der Waals surface area contributed by atoms with Gasteiger partial charge < -0.3 is 10.2 Å². The molecule has 1 aromatic carbocycles. The highest BCUT2D eigenvalue weighted by atomic mass is 16.2. The monoisotopic (exact) mass is 376 g/mol. The van der Waals surface area contributed by atoms with Gasteiger partial charge in [-0.1, -0.05) is 30.4 Å². The summed E-state index contributed by atoms with van der Waals surface area (Å²) >= 11 is 0. The van der Waals surface area contributed by atoms with E-state index in [1.165, 1.54) is 11.1 Å². The number of fused-ring (bicyclic) bond motifs is 1. The van der Waals surface area contributed by atoms with E-state index in [4.69, 9.17) is 0 Å². The number of rotatable bonds is 5. The highest BCUT2D eigenvalue weighted by Gasteiger charge is 2.28. The van der Waals surface area contributed by atoms with Gasteiger partial charge >= 0.3 is 0 Å². The van der Waals surface area contributed by atoms with Gasteiger partial charge in [0.1, 0.15) is 5.82 Å². The van der Waals surface area contributed by atoms with E-state index in [2.05, 4.69) is 34.8 Å². The maximum atomic E-state index is 13.3. The third-order valence-corrected chi connectivity index (χ3v) is 5.59. The van der Waals surface area contributed by atoms with Crippen molar-refractivity contribution in [3.8, 4) is 0 Å². The van der Waals surface area contributed by atoms with E-state index in [0.29, 0.717) is 17.4 Å². The highest BCUT2D eigenvalue weighted by molar-refractivity contribution is 6.10. The lowest BCUT2D eigenvalue weighted by molar-refractivity contribution is 0.0989. The Hall–Kier alpha value is -2.66. The summed E-state index contributed by atoms with van der Waals surface area (Å²) in [6.07, 6.45) is 4.76. The van der Waals surface area contributed by atoms with E-state index in [0.717, 1.165) is 51.1 Å². The molecule has 5 nitrogen and oxygen atoms in total. The van der Waals surface area contributed by atoms with Gasteiger partial charge in [0.15, 0.2) is 0 Å². The van der Waals surface area contributed by atoms with Gasteiger partial charge in [-0.2, -0.15) is 0 Å². The molecular weight excluding hydrogens is 348 g/mol. The number of nitrogens with zero attached hydrogens (tertiary/aromatic N) is 3. The maximum Gasteiger partial charge on any atom is 0.262 e. The molecule has 2 aliphatic heterocycles. The van der Waals surface area contributed by atoms with Crippen LogP contribution in [0.1, 0.15) is 35.7 Å². The Kier molecular flexibility index (Phi) is 5.44. The molecule has 28 heavy (non-hydrogen) atoms. The Morgan fingerprint density at radius 3 is 2.75 bits per heavy atom. The summed E-state index contributed by atoms with van der Waals surface area (Å²) in [6.45, 7) is 9.87. The van der Waals surface area contributed by atoms with E-state index in [1.807, 2.05) is 35.2 Å². The van der Waals surface area contributed by atoms with E-state index in [1.54, 1.807) is 6.20 Å². The molecule has 146 valence electrons. The summed E-state index contributed by atoms with van der Waals surface area (Å²) in [6, 6.07) is 12.2. The molecule has 0 aliphatic carbocycles. The van der Waals surface area contributed by atoms with Crippen LogP contribution in [0.25, 0.3) is 0 Å². The fraction of sp³-hybridized carbons (Fsp3) is 0.391. The third kappa shape index (κ3) is 3.94. The predicted octanol–water partition coefficient (Wildman–Crippen LogP) is 3.74. The van der Waals surface area contributed by atoms with Crippen molar-refractivity contribution in [1.82, 2.24) is 9.88 Å². The van der Waals surface area contributed by atoms with E-state index in [9.17, 15) is 4.79 Å². The molecule has 1 fully saturated rings. The molecule has 1 saturated heterocycles. The van der Waals surface area contributed by atoms with Gasteiger partial charge in [0.2, 0.25) is 0 Å². The molecule has 0 atom stereocenters. The van der Waals surface area contributed by atoms with Gasteiger partial charge in [-0.05, 0) is 49.9 Å². The summed E-state index contributed by atoms with van der Waals surface area (Å²) < 4.78 is 0. The molecule has 3 heterocycles. The van der Waals surface area contributed by atoms with Gasteiger partial charge in [-0.25, -0.2) is 4.98 Å². The maximum absolute atomic E-state index is 13.3. The lowest BCUT2D eigenvalue weighted by Crippen LogP contribution is -2.40. The third-order valence-electron chi connectivity index (χ3n) is 5.59. The average Bonchev–Trinajstić information content (AvgIpc) is 3.13. The van der Waals surface area contributed by atoms with E-state index in [-0.39, 0.29) is 5.91 Å². The number of pyridine rings is 1. The fourth-order valence-corrected chi connectivity index (χ4v) is 4.20. The van der Waals surface area contributed by atoms with E-state index < -0.39 is 0 Å². The van der Waals surface area contributed by atoms with Gasteiger partial charge in [0, 0.05) is 44.1 Å². The van der Waals surface area contributed by atoms with Crippen LogP contribution in [0.3, 0.4) is 0 Å². The summed E-state index contributed by atoms with van der Waals surface area (Å²) in [7, 11) is 0. The van der Waals surface area contributed by atoms with Gasteiger partial charge in [-0.3, -0.25) is 9.69 Å². The van der Waals surface area contributed by atoms with Crippen molar-refractivity contribution >= 4 is 17.4 Å². The lowest BCUT2D eigenvalue weighted by atomic mass is 10.0. The average molecular weight is 377 g/mol. The number of benzene rings is 1. The summed E-state index contributed by atoms with van der Waals surface area (Å²) in [4.78, 5) is 22.1. The van der Waals surface area contributed by atoms with Crippen molar-refractivity contribution in [2.24, 2.45) is 0 Å². The standard InChI is InChI=1S/C23H28N4O/c1-17(2)16-26-13-10-19(11-14-26)25-22-20(7-5-12-24-22)23(28)27-15-9-18-6-3-4-8-21(18)27/h3-8,12,19H,1,9-11,13-16H2,2H3,(H,24,25). The molecule has 0 radical (unpaired) electrons. The molecule has 4 rings (SSSR count). The molecule has 0 unspecified atom stereocenters. The lowest BCUT2D eigenvalue weighted by Gasteiger charge is -2.33. The molecule has 5 heteroatoms. The second kappa shape index (κ2) is 8.15. The van der Waals surface area contributed by atoms with Crippen molar-refractivity contribution in [2.45, 2.75) is 32.2 Å². The second-order valence-corrected chi connectivity index (χ2v) is 7.89. The number of carbonyl (C=O) groups excluding carboxylic acids is 1. The molecule has 0 bridgehead atoms. The minimum Gasteiger partial charge on any atom is -0.367 e. The first kappa shape index (κ1) is 18.7. The zero-order valence-electron chi connectivity index (χ0n) is 16.5. The van der Waals surface area contributed by atoms with Crippen LogP contribution in [0.15, 0.2) is 54.7 Å². The zero-order chi connectivity index (χ0) is 19.5. The van der Waals surface area contributed by atoms with Gasteiger partial charge in [0.05, 0.1) is 5.56 Å². The minimum atomic E-state index is 0.0280. The Morgan fingerprint density at radius 2 is 1.96 bits per heavy atom. The van der Waals surface area contributed by atoms with Crippen LogP contribution in [0.5, 0.6) is 0 Å².